The lowest BCUT2D eigenvalue weighted by Gasteiger charge is -2.37. The minimum Gasteiger partial charge on any atom is -0.368 e. The summed E-state index contributed by atoms with van der Waals surface area (Å²) in [5, 5.41) is 0. The van der Waals surface area contributed by atoms with E-state index in [0.29, 0.717) is 31.7 Å². The highest BCUT2D eigenvalue weighted by molar-refractivity contribution is 7.90. The molecule has 1 heterocycles. The Kier molecular flexibility index (Phi) is 5.24. The second-order valence-electron chi connectivity index (χ2n) is 6.94. The number of benzene rings is 2. The zero-order valence-electron chi connectivity index (χ0n) is 15.7. The molecule has 2 aromatic carbocycles. The first-order chi connectivity index (χ1) is 12.7. The fraction of sp³-hybridized carbons (Fsp3) is 0.350. The summed E-state index contributed by atoms with van der Waals surface area (Å²) in [6.07, 6.45) is 1.10. The van der Waals surface area contributed by atoms with Crippen molar-refractivity contribution in [3.8, 4) is 0 Å². The summed E-state index contributed by atoms with van der Waals surface area (Å²) in [7, 11) is -3.48. The van der Waals surface area contributed by atoms with Crippen molar-refractivity contribution in [2.45, 2.75) is 18.7 Å². The lowest BCUT2D eigenvalue weighted by Crippen LogP contribution is -2.49. The van der Waals surface area contributed by atoms with Crippen LogP contribution >= 0.6 is 0 Å². The van der Waals surface area contributed by atoms with Crippen LogP contribution in [-0.2, 0) is 9.84 Å². The van der Waals surface area contributed by atoms with Gasteiger partial charge in [0.1, 0.15) is 5.82 Å². The minimum absolute atomic E-state index is 0.0499. The molecule has 0 spiro atoms. The molecular weight excluding hydrogens is 367 g/mol. The van der Waals surface area contributed by atoms with E-state index in [2.05, 4.69) is 4.90 Å². The van der Waals surface area contributed by atoms with Gasteiger partial charge in [-0.1, -0.05) is 18.2 Å². The highest BCUT2D eigenvalue weighted by atomic mass is 32.2. The molecule has 0 atom stereocenters. The molecule has 1 aliphatic rings. The molecule has 0 aliphatic carbocycles. The summed E-state index contributed by atoms with van der Waals surface area (Å²) >= 11 is 0. The molecule has 1 amide bonds. The van der Waals surface area contributed by atoms with Crippen molar-refractivity contribution in [1.82, 2.24) is 4.90 Å². The Balaban J connectivity index is 1.77. The van der Waals surface area contributed by atoms with Crippen LogP contribution in [0.25, 0.3) is 0 Å². The average Bonchev–Trinajstić information content (AvgIpc) is 2.63. The molecule has 27 heavy (non-hydrogen) atoms. The van der Waals surface area contributed by atoms with Gasteiger partial charge in [0, 0.05) is 38.1 Å². The van der Waals surface area contributed by atoms with Crippen molar-refractivity contribution in [2.24, 2.45) is 0 Å². The van der Waals surface area contributed by atoms with Crippen LogP contribution in [0.5, 0.6) is 0 Å². The summed E-state index contributed by atoms with van der Waals surface area (Å²) < 4.78 is 37.9. The molecule has 0 bridgehead atoms. The summed E-state index contributed by atoms with van der Waals surface area (Å²) in [6, 6.07) is 9.64. The van der Waals surface area contributed by atoms with E-state index in [1.807, 2.05) is 13.0 Å². The van der Waals surface area contributed by atoms with Gasteiger partial charge in [-0.2, -0.15) is 0 Å². The van der Waals surface area contributed by atoms with Gasteiger partial charge < -0.3 is 9.80 Å². The Morgan fingerprint density at radius 3 is 2.26 bits per heavy atom. The van der Waals surface area contributed by atoms with Gasteiger partial charge in [0.15, 0.2) is 9.84 Å². The number of sulfone groups is 1. The van der Waals surface area contributed by atoms with E-state index in [-0.39, 0.29) is 22.2 Å². The standard InChI is InChI=1S/C20H23FN2O3S/c1-14-12-15(2)18(13-17(14)21)22-8-10-23(11-9-22)20(24)16-6-4-5-7-19(16)27(3,25)26/h4-7,12-13H,8-11H2,1-3H3. The number of anilines is 1. The van der Waals surface area contributed by atoms with Gasteiger partial charge in [0.25, 0.3) is 5.91 Å². The van der Waals surface area contributed by atoms with Crippen LogP contribution in [0, 0.1) is 19.7 Å². The van der Waals surface area contributed by atoms with Gasteiger partial charge in [-0.15, -0.1) is 0 Å². The van der Waals surface area contributed by atoms with Crippen LogP contribution in [0.3, 0.4) is 0 Å². The van der Waals surface area contributed by atoms with E-state index in [4.69, 9.17) is 0 Å². The third-order valence-corrected chi connectivity index (χ3v) is 6.06. The first kappa shape index (κ1) is 19.4. The van der Waals surface area contributed by atoms with Crippen molar-refractivity contribution >= 4 is 21.4 Å². The number of amides is 1. The van der Waals surface area contributed by atoms with Crippen LogP contribution in [0.2, 0.25) is 0 Å². The smallest absolute Gasteiger partial charge is 0.255 e. The van der Waals surface area contributed by atoms with Crippen LogP contribution in [-0.4, -0.2) is 51.7 Å². The number of aryl methyl sites for hydroxylation is 2. The summed E-state index contributed by atoms with van der Waals surface area (Å²) in [5.74, 6) is -0.529. The topological polar surface area (TPSA) is 57.7 Å². The predicted molar refractivity (Wildman–Crippen MR) is 104 cm³/mol. The second kappa shape index (κ2) is 7.31. The Morgan fingerprint density at radius 1 is 1.00 bits per heavy atom. The normalized spacial score (nSPS) is 15.1. The Labute approximate surface area is 159 Å². The fourth-order valence-electron chi connectivity index (χ4n) is 3.44. The number of halogens is 1. The van der Waals surface area contributed by atoms with Gasteiger partial charge in [-0.25, -0.2) is 12.8 Å². The van der Waals surface area contributed by atoms with Gasteiger partial charge in [-0.3, -0.25) is 4.79 Å². The number of rotatable bonds is 3. The predicted octanol–water partition coefficient (Wildman–Crippen LogP) is 2.81. The lowest BCUT2D eigenvalue weighted by molar-refractivity contribution is 0.0743. The molecule has 7 heteroatoms. The minimum atomic E-state index is -3.48. The molecule has 0 saturated carbocycles. The molecule has 144 valence electrons. The maximum atomic E-state index is 13.9. The summed E-state index contributed by atoms with van der Waals surface area (Å²) in [5.41, 5.74) is 2.64. The number of piperazine rings is 1. The number of hydrogen-bond acceptors (Lipinski definition) is 4. The zero-order valence-corrected chi connectivity index (χ0v) is 16.5. The van der Waals surface area contributed by atoms with Crippen LogP contribution in [0.15, 0.2) is 41.3 Å². The van der Waals surface area contributed by atoms with Crippen LogP contribution in [0.4, 0.5) is 10.1 Å². The maximum Gasteiger partial charge on any atom is 0.255 e. The summed E-state index contributed by atoms with van der Waals surface area (Å²) in [4.78, 5) is 16.6. The van der Waals surface area contributed by atoms with Gasteiger partial charge >= 0.3 is 0 Å². The Hall–Kier alpha value is -2.41. The van der Waals surface area contributed by atoms with Crippen molar-refractivity contribution in [1.29, 1.82) is 0 Å². The van der Waals surface area contributed by atoms with Crippen LogP contribution in [0.1, 0.15) is 21.5 Å². The number of nitrogens with zero attached hydrogens (tertiary/aromatic N) is 2. The molecule has 1 saturated heterocycles. The molecule has 1 aliphatic heterocycles. The number of carbonyl (C=O) groups excluding carboxylic acids is 1. The fourth-order valence-corrected chi connectivity index (χ4v) is 4.32. The molecule has 0 unspecified atom stereocenters. The van der Waals surface area contributed by atoms with Gasteiger partial charge in [0.2, 0.25) is 0 Å². The van der Waals surface area contributed by atoms with Crippen molar-refractivity contribution in [2.75, 3.05) is 37.3 Å². The SMILES string of the molecule is Cc1cc(C)c(N2CCN(C(=O)c3ccccc3S(C)(=O)=O)CC2)cc1F. The Bertz CT molecular complexity index is 981. The molecular formula is C20H23FN2O3S. The number of hydrogen-bond donors (Lipinski definition) is 0. The van der Waals surface area contributed by atoms with E-state index >= 15 is 0 Å². The molecule has 1 fully saturated rings. The molecule has 3 rings (SSSR count). The Morgan fingerprint density at radius 2 is 1.63 bits per heavy atom. The third-order valence-electron chi connectivity index (χ3n) is 4.90. The second-order valence-corrected chi connectivity index (χ2v) is 8.92. The average molecular weight is 390 g/mol. The highest BCUT2D eigenvalue weighted by Gasteiger charge is 2.26. The van der Waals surface area contributed by atoms with Crippen molar-refractivity contribution in [3.63, 3.8) is 0 Å². The quantitative estimate of drug-likeness (QED) is 0.809. The number of carbonyl (C=O) groups is 1. The van der Waals surface area contributed by atoms with E-state index < -0.39 is 9.84 Å². The first-order valence-electron chi connectivity index (χ1n) is 8.78. The van der Waals surface area contributed by atoms with Crippen molar-refractivity contribution < 1.29 is 17.6 Å². The molecule has 2 aromatic rings. The lowest BCUT2D eigenvalue weighted by atomic mass is 10.1. The molecule has 0 N–H and O–H groups in total. The highest BCUT2D eigenvalue weighted by Crippen LogP contribution is 2.25. The zero-order chi connectivity index (χ0) is 19.8. The maximum absolute atomic E-state index is 13.9. The van der Waals surface area contributed by atoms with E-state index in [0.717, 1.165) is 17.5 Å². The molecule has 0 radical (unpaired) electrons. The summed E-state index contributed by atoms with van der Waals surface area (Å²) in [6.45, 7) is 5.72. The van der Waals surface area contributed by atoms with Gasteiger partial charge in [-0.05, 0) is 43.2 Å². The monoisotopic (exact) mass is 390 g/mol. The third kappa shape index (κ3) is 3.98. The first-order valence-corrected chi connectivity index (χ1v) is 10.7. The van der Waals surface area contributed by atoms with Gasteiger partial charge in [0.05, 0.1) is 10.5 Å². The van der Waals surface area contributed by atoms with E-state index in [9.17, 15) is 17.6 Å². The van der Waals surface area contributed by atoms with Crippen molar-refractivity contribution in [3.05, 3.63) is 58.9 Å². The molecule has 5 nitrogen and oxygen atoms in total. The largest absolute Gasteiger partial charge is 0.368 e. The molecule has 0 aromatic heterocycles. The van der Waals surface area contributed by atoms with E-state index in [1.54, 1.807) is 36.1 Å². The van der Waals surface area contributed by atoms with Crippen LogP contribution < -0.4 is 4.90 Å². The van der Waals surface area contributed by atoms with E-state index in [1.165, 1.54) is 6.07 Å².